The molecule has 0 aromatic carbocycles. The van der Waals surface area contributed by atoms with Gasteiger partial charge in [-0.1, -0.05) is 27.7 Å². The quantitative estimate of drug-likeness (QED) is 0.678. The molecule has 0 fully saturated rings. The number of likely N-dealkylation sites (N-methyl/N-ethyl adjacent to an activating group) is 1. The van der Waals surface area contributed by atoms with Crippen LogP contribution < -0.4 is 0 Å². The second-order valence-corrected chi connectivity index (χ2v) is 5.39. The van der Waals surface area contributed by atoms with Crippen molar-refractivity contribution in [2.75, 3.05) is 20.1 Å². The minimum absolute atomic E-state index is 0.216. The predicted octanol–water partition coefficient (Wildman–Crippen LogP) is 2.78. The first-order valence-corrected chi connectivity index (χ1v) is 5.61. The topological polar surface area (TPSA) is 12.5 Å². The lowest BCUT2D eigenvalue weighted by Gasteiger charge is -2.35. The van der Waals surface area contributed by atoms with E-state index in [-0.39, 0.29) is 5.41 Å². The second-order valence-electron chi connectivity index (χ2n) is 5.39. The molecule has 0 aliphatic heterocycles. The number of ether oxygens (including phenoxy) is 1. The highest BCUT2D eigenvalue weighted by molar-refractivity contribution is 4.77. The van der Waals surface area contributed by atoms with Crippen LogP contribution >= 0.6 is 0 Å². The van der Waals surface area contributed by atoms with Gasteiger partial charge in [0.2, 0.25) is 0 Å². The molecule has 0 aliphatic rings. The molecule has 0 saturated heterocycles. The molecule has 0 aromatic heterocycles. The third-order valence-corrected chi connectivity index (χ3v) is 2.42. The van der Waals surface area contributed by atoms with Crippen molar-refractivity contribution in [3.05, 3.63) is 0 Å². The number of hydrogen-bond donors (Lipinski definition) is 0. The van der Waals surface area contributed by atoms with Gasteiger partial charge in [0, 0.05) is 6.54 Å². The fourth-order valence-corrected chi connectivity index (χ4v) is 1.26. The molecular formula is C12H27NO. The van der Waals surface area contributed by atoms with Gasteiger partial charge in [-0.25, -0.2) is 0 Å². The third kappa shape index (κ3) is 5.61. The van der Waals surface area contributed by atoms with Crippen LogP contribution in [0, 0.1) is 5.41 Å². The molecule has 0 aromatic rings. The van der Waals surface area contributed by atoms with Crippen LogP contribution in [0.15, 0.2) is 0 Å². The maximum atomic E-state index is 5.95. The highest BCUT2D eigenvalue weighted by Crippen LogP contribution is 2.24. The molecule has 0 amide bonds. The van der Waals surface area contributed by atoms with Gasteiger partial charge in [-0.2, -0.15) is 0 Å². The molecule has 1 atom stereocenters. The van der Waals surface area contributed by atoms with Gasteiger partial charge in [0.1, 0.15) is 0 Å². The van der Waals surface area contributed by atoms with E-state index < -0.39 is 0 Å². The Kier molecular flexibility index (Phi) is 5.68. The van der Waals surface area contributed by atoms with Gasteiger partial charge < -0.3 is 9.64 Å². The van der Waals surface area contributed by atoms with Crippen LogP contribution in [0.1, 0.15) is 41.5 Å². The molecule has 0 heterocycles. The first kappa shape index (κ1) is 13.9. The van der Waals surface area contributed by atoms with Crippen molar-refractivity contribution in [2.24, 2.45) is 5.41 Å². The Hall–Kier alpha value is -0.0800. The molecule has 0 saturated carbocycles. The minimum Gasteiger partial charge on any atom is -0.374 e. The van der Waals surface area contributed by atoms with Crippen molar-refractivity contribution in [3.8, 4) is 0 Å². The summed E-state index contributed by atoms with van der Waals surface area (Å²) in [5, 5.41) is 0. The van der Waals surface area contributed by atoms with E-state index in [9.17, 15) is 0 Å². The van der Waals surface area contributed by atoms with Gasteiger partial charge in [-0.05, 0) is 32.9 Å². The van der Waals surface area contributed by atoms with Gasteiger partial charge in [0.15, 0.2) is 0 Å². The van der Waals surface area contributed by atoms with E-state index in [0.717, 1.165) is 13.1 Å². The normalized spacial score (nSPS) is 15.2. The molecule has 0 rings (SSSR count). The molecule has 0 bridgehead atoms. The molecule has 86 valence electrons. The van der Waals surface area contributed by atoms with E-state index >= 15 is 0 Å². The van der Waals surface area contributed by atoms with Crippen LogP contribution in [0.5, 0.6) is 0 Å². The van der Waals surface area contributed by atoms with Crippen molar-refractivity contribution in [1.82, 2.24) is 4.90 Å². The van der Waals surface area contributed by atoms with Crippen LogP contribution in [-0.2, 0) is 4.74 Å². The summed E-state index contributed by atoms with van der Waals surface area (Å²) in [7, 11) is 2.14. The summed E-state index contributed by atoms with van der Waals surface area (Å²) in [6, 6.07) is 0. The number of hydrogen-bond acceptors (Lipinski definition) is 2. The third-order valence-electron chi connectivity index (χ3n) is 2.42. The average molecular weight is 201 g/mol. The standard InChI is InChI=1S/C12H27NO/c1-8-13(7)9-11(12(4,5)6)14-10(2)3/h10-11H,8-9H2,1-7H3. The first-order chi connectivity index (χ1) is 6.27. The molecule has 2 nitrogen and oxygen atoms in total. The molecule has 1 unspecified atom stereocenters. The Bertz CT molecular complexity index is 149. The summed E-state index contributed by atoms with van der Waals surface area (Å²) in [5.74, 6) is 0. The molecule has 0 N–H and O–H groups in total. The summed E-state index contributed by atoms with van der Waals surface area (Å²) in [4.78, 5) is 2.30. The summed E-state index contributed by atoms with van der Waals surface area (Å²) < 4.78 is 5.95. The second kappa shape index (κ2) is 5.72. The van der Waals surface area contributed by atoms with Gasteiger partial charge in [0.25, 0.3) is 0 Å². The summed E-state index contributed by atoms with van der Waals surface area (Å²) in [5.41, 5.74) is 0.216. The Balaban J connectivity index is 4.26. The maximum absolute atomic E-state index is 5.95. The molecule has 0 radical (unpaired) electrons. The van der Waals surface area contributed by atoms with Gasteiger partial charge >= 0.3 is 0 Å². The van der Waals surface area contributed by atoms with Crippen molar-refractivity contribution in [2.45, 2.75) is 53.8 Å². The summed E-state index contributed by atoms with van der Waals surface area (Å²) in [6.07, 6.45) is 0.622. The SMILES string of the molecule is CCN(C)CC(OC(C)C)C(C)(C)C. The lowest BCUT2D eigenvalue weighted by atomic mass is 9.88. The summed E-state index contributed by atoms with van der Waals surface area (Å²) >= 11 is 0. The number of nitrogens with zero attached hydrogens (tertiary/aromatic N) is 1. The first-order valence-electron chi connectivity index (χ1n) is 5.61. The highest BCUT2D eigenvalue weighted by Gasteiger charge is 2.27. The van der Waals surface area contributed by atoms with Crippen molar-refractivity contribution in [1.29, 1.82) is 0 Å². The Morgan fingerprint density at radius 2 is 1.71 bits per heavy atom. The molecule has 2 heteroatoms. The minimum atomic E-state index is 0.216. The van der Waals surface area contributed by atoms with E-state index in [1.807, 2.05) is 0 Å². The van der Waals surface area contributed by atoms with Gasteiger partial charge in [-0.3, -0.25) is 0 Å². The average Bonchev–Trinajstić information content (AvgIpc) is 2.00. The zero-order chi connectivity index (χ0) is 11.4. The highest BCUT2D eigenvalue weighted by atomic mass is 16.5. The Morgan fingerprint density at radius 1 is 1.21 bits per heavy atom. The van der Waals surface area contributed by atoms with E-state index in [1.165, 1.54) is 0 Å². The van der Waals surface area contributed by atoms with Crippen molar-refractivity contribution >= 4 is 0 Å². The predicted molar refractivity (Wildman–Crippen MR) is 62.6 cm³/mol. The van der Waals surface area contributed by atoms with Crippen LogP contribution in [0.4, 0.5) is 0 Å². The van der Waals surface area contributed by atoms with E-state index in [0.29, 0.717) is 12.2 Å². The van der Waals surface area contributed by atoms with Crippen LogP contribution in [0.3, 0.4) is 0 Å². The van der Waals surface area contributed by atoms with Crippen LogP contribution in [0.25, 0.3) is 0 Å². The van der Waals surface area contributed by atoms with Crippen molar-refractivity contribution in [3.63, 3.8) is 0 Å². The molecule has 0 aliphatic carbocycles. The number of rotatable bonds is 5. The van der Waals surface area contributed by atoms with Gasteiger partial charge in [-0.15, -0.1) is 0 Å². The molecular weight excluding hydrogens is 174 g/mol. The van der Waals surface area contributed by atoms with E-state index in [4.69, 9.17) is 4.74 Å². The smallest absolute Gasteiger partial charge is 0.0753 e. The Morgan fingerprint density at radius 3 is 2.00 bits per heavy atom. The monoisotopic (exact) mass is 201 g/mol. The fourth-order valence-electron chi connectivity index (χ4n) is 1.26. The largest absolute Gasteiger partial charge is 0.374 e. The van der Waals surface area contributed by atoms with E-state index in [2.05, 4.69) is 53.5 Å². The lowest BCUT2D eigenvalue weighted by molar-refractivity contribution is -0.0640. The molecule has 14 heavy (non-hydrogen) atoms. The summed E-state index contributed by atoms with van der Waals surface area (Å²) in [6.45, 7) is 15.2. The Labute approximate surface area is 89.6 Å². The fraction of sp³-hybridized carbons (Fsp3) is 1.00. The zero-order valence-electron chi connectivity index (χ0n) is 10.9. The van der Waals surface area contributed by atoms with Gasteiger partial charge in [0.05, 0.1) is 12.2 Å². The molecule has 0 spiro atoms. The van der Waals surface area contributed by atoms with Crippen LogP contribution in [-0.4, -0.2) is 37.2 Å². The van der Waals surface area contributed by atoms with Crippen molar-refractivity contribution < 1.29 is 4.74 Å². The maximum Gasteiger partial charge on any atom is 0.0753 e. The zero-order valence-corrected chi connectivity index (χ0v) is 10.9. The van der Waals surface area contributed by atoms with Crippen LogP contribution in [0.2, 0.25) is 0 Å². The lowest BCUT2D eigenvalue weighted by Crippen LogP contribution is -2.41. The van der Waals surface area contributed by atoms with E-state index in [1.54, 1.807) is 0 Å².